The van der Waals surface area contributed by atoms with Crippen molar-refractivity contribution in [2.24, 2.45) is 0 Å². The highest BCUT2D eigenvalue weighted by molar-refractivity contribution is 5.80. The molecule has 0 bridgehead atoms. The molecule has 2 aromatic rings. The van der Waals surface area contributed by atoms with E-state index in [0.29, 0.717) is 24.0 Å². The third kappa shape index (κ3) is 8.79. The second kappa shape index (κ2) is 13.3. The number of carbonyl (C=O) groups excluding carboxylic acids is 2. The fourth-order valence-corrected chi connectivity index (χ4v) is 2.63. The van der Waals surface area contributed by atoms with Gasteiger partial charge in [-0.15, -0.1) is 0 Å². The highest BCUT2D eigenvalue weighted by Crippen LogP contribution is 2.23. The van der Waals surface area contributed by atoms with Crippen molar-refractivity contribution in [2.75, 3.05) is 45.2 Å². The van der Waals surface area contributed by atoms with Gasteiger partial charge in [0.1, 0.15) is 17.8 Å². The van der Waals surface area contributed by atoms with Gasteiger partial charge < -0.3 is 19.6 Å². The lowest BCUT2D eigenvalue weighted by Crippen LogP contribution is -2.21. The molecule has 2 aromatic carbocycles. The highest BCUT2D eigenvalue weighted by Gasteiger charge is 2.05. The van der Waals surface area contributed by atoms with Crippen LogP contribution in [0.4, 0.5) is 5.69 Å². The molecule has 2 rings (SSSR count). The predicted octanol–water partition coefficient (Wildman–Crippen LogP) is 3.88. The van der Waals surface area contributed by atoms with Gasteiger partial charge in [0.15, 0.2) is 6.29 Å². The second-order valence-corrected chi connectivity index (χ2v) is 6.73. The maximum absolute atomic E-state index is 10.5. The minimum atomic E-state index is 0.0457. The number of aromatic hydroxyl groups is 1. The Morgan fingerprint density at radius 3 is 2.10 bits per heavy atom. The van der Waals surface area contributed by atoms with Gasteiger partial charge in [0.25, 0.3) is 0 Å². The number of ether oxygens (including phenoxy) is 1. The van der Waals surface area contributed by atoms with E-state index in [1.807, 2.05) is 46.1 Å². The minimum Gasteiger partial charge on any atom is -0.507 e. The quantitative estimate of drug-likeness (QED) is 0.482. The molecular weight excluding hydrogens is 368 g/mol. The van der Waals surface area contributed by atoms with Crippen molar-refractivity contribution < 1.29 is 19.4 Å². The van der Waals surface area contributed by atoms with Crippen LogP contribution < -0.4 is 9.64 Å². The third-order valence-corrected chi connectivity index (χ3v) is 4.30. The number of nitrogens with zero attached hydrogens (tertiary/aromatic N) is 2. The molecule has 0 aliphatic carbocycles. The van der Waals surface area contributed by atoms with E-state index >= 15 is 0 Å². The van der Waals surface area contributed by atoms with Gasteiger partial charge in [-0.05, 0) is 70.8 Å². The molecule has 6 nitrogen and oxygen atoms in total. The molecule has 0 saturated carbocycles. The first kappa shape index (κ1) is 24.2. The summed E-state index contributed by atoms with van der Waals surface area (Å²) in [4.78, 5) is 25.1. The SMILES string of the molecule is CCN(CC)c1ccc(C=O)c(O)c1.CN(C)CCCOc1ccc(C=O)cc1. The molecule has 0 fully saturated rings. The Labute approximate surface area is 173 Å². The van der Waals surface area contributed by atoms with Gasteiger partial charge in [-0.3, -0.25) is 9.59 Å². The molecule has 0 atom stereocenters. The molecule has 1 N–H and O–H groups in total. The molecule has 158 valence electrons. The summed E-state index contributed by atoms with van der Waals surface area (Å²) in [6, 6.07) is 12.3. The highest BCUT2D eigenvalue weighted by atomic mass is 16.5. The molecule has 29 heavy (non-hydrogen) atoms. The molecule has 0 spiro atoms. The zero-order valence-electron chi connectivity index (χ0n) is 17.8. The zero-order chi connectivity index (χ0) is 21.6. The number of hydrogen-bond acceptors (Lipinski definition) is 6. The summed E-state index contributed by atoms with van der Waals surface area (Å²) < 4.78 is 5.51. The topological polar surface area (TPSA) is 70.1 Å². The van der Waals surface area contributed by atoms with Crippen LogP contribution >= 0.6 is 0 Å². The van der Waals surface area contributed by atoms with E-state index in [-0.39, 0.29) is 5.75 Å². The van der Waals surface area contributed by atoms with Crippen LogP contribution in [0.15, 0.2) is 42.5 Å². The van der Waals surface area contributed by atoms with E-state index in [1.165, 1.54) is 0 Å². The van der Waals surface area contributed by atoms with Crippen LogP contribution in [0.1, 0.15) is 41.0 Å². The predicted molar refractivity (Wildman–Crippen MR) is 118 cm³/mol. The van der Waals surface area contributed by atoms with Crippen molar-refractivity contribution in [1.29, 1.82) is 0 Å². The van der Waals surface area contributed by atoms with Crippen molar-refractivity contribution in [3.05, 3.63) is 53.6 Å². The first-order valence-corrected chi connectivity index (χ1v) is 9.81. The van der Waals surface area contributed by atoms with Crippen LogP contribution in [0.25, 0.3) is 0 Å². The summed E-state index contributed by atoms with van der Waals surface area (Å²) >= 11 is 0. The van der Waals surface area contributed by atoms with Crippen LogP contribution in [0.2, 0.25) is 0 Å². The Hall–Kier alpha value is -2.86. The van der Waals surface area contributed by atoms with Crippen molar-refractivity contribution in [1.82, 2.24) is 4.90 Å². The van der Waals surface area contributed by atoms with Gasteiger partial charge in [0.2, 0.25) is 0 Å². The maximum atomic E-state index is 10.5. The summed E-state index contributed by atoms with van der Waals surface area (Å²) in [5, 5.41) is 9.47. The molecule has 0 heterocycles. The van der Waals surface area contributed by atoms with Gasteiger partial charge in [-0.2, -0.15) is 0 Å². The van der Waals surface area contributed by atoms with E-state index in [9.17, 15) is 14.7 Å². The van der Waals surface area contributed by atoms with Gasteiger partial charge in [0, 0.05) is 37.0 Å². The lowest BCUT2D eigenvalue weighted by Gasteiger charge is -2.21. The maximum Gasteiger partial charge on any atom is 0.153 e. The largest absolute Gasteiger partial charge is 0.507 e. The van der Waals surface area contributed by atoms with Gasteiger partial charge in [0.05, 0.1) is 12.2 Å². The number of hydrogen-bond donors (Lipinski definition) is 1. The number of carbonyl (C=O) groups is 2. The second-order valence-electron chi connectivity index (χ2n) is 6.73. The average Bonchev–Trinajstić information content (AvgIpc) is 2.73. The number of phenols is 1. The summed E-state index contributed by atoms with van der Waals surface area (Å²) in [6.45, 7) is 7.60. The normalized spacial score (nSPS) is 10.1. The Morgan fingerprint density at radius 1 is 0.966 bits per heavy atom. The van der Waals surface area contributed by atoms with Crippen molar-refractivity contribution >= 4 is 18.3 Å². The zero-order valence-corrected chi connectivity index (χ0v) is 17.8. The van der Waals surface area contributed by atoms with Crippen molar-refractivity contribution in [3.63, 3.8) is 0 Å². The van der Waals surface area contributed by atoms with E-state index in [1.54, 1.807) is 24.3 Å². The lowest BCUT2D eigenvalue weighted by atomic mass is 10.2. The summed E-state index contributed by atoms with van der Waals surface area (Å²) in [5.74, 6) is 0.865. The molecule has 0 amide bonds. The van der Waals surface area contributed by atoms with Crippen LogP contribution in [-0.2, 0) is 0 Å². The van der Waals surface area contributed by atoms with E-state index in [4.69, 9.17) is 4.74 Å². The molecule has 0 aromatic heterocycles. The van der Waals surface area contributed by atoms with Gasteiger partial charge >= 0.3 is 0 Å². The summed E-state index contributed by atoms with van der Waals surface area (Å²) in [7, 11) is 4.08. The summed E-state index contributed by atoms with van der Waals surface area (Å²) in [5.41, 5.74) is 1.95. The fraction of sp³-hybridized carbons (Fsp3) is 0.391. The van der Waals surface area contributed by atoms with Crippen LogP contribution in [0.3, 0.4) is 0 Å². The third-order valence-electron chi connectivity index (χ3n) is 4.30. The molecule has 6 heteroatoms. The van der Waals surface area contributed by atoms with Crippen LogP contribution in [0, 0.1) is 0 Å². The van der Waals surface area contributed by atoms with Crippen molar-refractivity contribution in [3.8, 4) is 11.5 Å². The number of phenolic OH excluding ortho intramolecular Hbond substituents is 1. The van der Waals surface area contributed by atoms with Gasteiger partial charge in [-0.1, -0.05) is 0 Å². The molecule has 0 unspecified atom stereocenters. The lowest BCUT2D eigenvalue weighted by molar-refractivity contribution is 0.111. The Balaban J connectivity index is 0.000000291. The number of benzene rings is 2. The van der Waals surface area contributed by atoms with Crippen LogP contribution in [0.5, 0.6) is 11.5 Å². The Kier molecular flexibility index (Phi) is 11.1. The molecule has 0 radical (unpaired) electrons. The van der Waals surface area contributed by atoms with Gasteiger partial charge in [-0.25, -0.2) is 0 Å². The number of aldehydes is 2. The first-order chi connectivity index (χ1) is 13.9. The monoisotopic (exact) mass is 400 g/mol. The standard InChI is InChI=1S/C12H17NO2.C11H15NO2/c1-13(2)8-3-9-15-12-6-4-11(10-14)5-7-12;1-3-12(4-2)10-6-5-9(8-13)11(14)7-10/h4-7,10H,3,8-9H2,1-2H3;5-8,14H,3-4H2,1-2H3. The molecule has 0 aliphatic heterocycles. The van der Waals surface area contributed by atoms with E-state index in [2.05, 4.69) is 9.80 Å². The fourth-order valence-electron chi connectivity index (χ4n) is 2.63. The summed E-state index contributed by atoms with van der Waals surface area (Å²) in [6.07, 6.45) is 2.49. The van der Waals surface area contributed by atoms with Crippen molar-refractivity contribution in [2.45, 2.75) is 20.3 Å². The minimum absolute atomic E-state index is 0.0457. The number of anilines is 1. The molecule has 0 aliphatic rings. The van der Waals surface area contributed by atoms with E-state index in [0.717, 1.165) is 43.8 Å². The first-order valence-electron chi connectivity index (χ1n) is 9.81. The molecule has 0 saturated heterocycles. The van der Waals surface area contributed by atoms with Crippen LogP contribution in [-0.4, -0.2) is 62.9 Å². The van der Waals surface area contributed by atoms with E-state index < -0.39 is 0 Å². The average molecular weight is 401 g/mol. The Bertz CT molecular complexity index is 741. The number of rotatable bonds is 10. The smallest absolute Gasteiger partial charge is 0.153 e. The molecular formula is C23H32N2O4. The Morgan fingerprint density at radius 2 is 1.62 bits per heavy atom.